The van der Waals surface area contributed by atoms with Crippen molar-refractivity contribution in [3.63, 3.8) is 0 Å². The molecule has 2 aliphatic rings. The molecule has 6 aromatic rings. The minimum Gasteiger partial charge on any atom is -0.464 e. The Bertz CT molecular complexity index is 2510. The molecule has 2 saturated heterocycles. The quantitative estimate of drug-likeness (QED) is 0.0798. The lowest BCUT2D eigenvalue weighted by Gasteiger charge is -2.23. The zero-order valence-electron chi connectivity index (χ0n) is 36.8. The van der Waals surface area contributed by atoms with Gasteiger partial charge in [-0.15, -0.1) is 0 Å². The Morgan fingerprint density at radius 1 is 0.758 bits per heavy atom. The highest BCUT2D eigenvalue weighted by molar-refractivity contribution is 6.30. The number of methoxy groups -OCH3 is 1. The zero-order valence-corrected chi connectivity index (χ0v) is 38.3. The van der Waals surface area contributed by atoms with Gasteiger partial charge in [0.2, 0.25) is 11.9 Å². The van der Waals surface area contributed by atoms with Gasteiger partial charge >= 0.3 is 5.97 Å². The van der Waals surface area contributed by atoms with E-state index in [0.717, 1.165) is 68.8 Å². The van der Waals surface area contributed by atoms with Crippen molar-refractivity contribution in [3.8, 4) is 11.6 Å². The number of aryl methyl sites for hydroxylation is 2. The van der Waals surface area contributed by atoms with Gasteiger partial charge in [-0.3, -0.25) is 13.9 Å². The van der Waals surface area contributed by atoms with Crippen LogP contribution in [0.2, 0.25) is 10.0 Å². The average Bonchev–Trinajstić information content (AvgIpc) is 4.04. The summed E-state index contributed by atoms with van der Waals surface area (Å²) in [4.78, 5) is 50.4. The number of hydrogen-bond acceptors (Lipinski definition) is 16. The van der Waals surface area contributed by atoms with Crippen LogP contribution in [0.15, 0.2) is 86.0 Å². The van der Waals surface area contributed by atoms with Crippen molar-refractivity contribution in [1.29, 1.82) is 0 Å². The summed E-state index contributed by atoms with van der Waals surface area (Å²) in [5.41, 5.74) is 9.31. The van der Waals surface area contributed by atoms with E-state index in [0.29, 0.717) is 45.2 Å². The topological polar surface area (TPSA) is 252 Å². The molecule has 7 N–H and O–H groups in total. The Balaban J connectivity index is 0.000000184. The average molecular weight is 946 g/mol. The second-order valence-electron chi connectivity index (χ2n) is 15.4. The Hall–Kier alpha value is -6.06. The first-order valence-corrected chi connectivity index (χ1v) is 22.0. The molecule has 0 bridgehead atoms. The molecule has 2 atom stereocenters. The first kappa shape index (κ1) is 49.4. The molecular formula is C45H54Cl2N12O7. The normalized spacial score (nSPS) is 15.0. The minimum absolute atomic E-state index is 0.0552. The fourth-order valence-electron chi connectivity index (χ4n) is 6.81. The highest BCUT2D eigenvalue weighted by atomic mass is 35.5. The Kier molecular flexibility index (Phi) is 18.3. The monoisotopic (exact) mass is 944 g/mol. The third kappa shape index (κ3) is 14.0. The number of nitrogens with one attached hydrogen (secondary N) is 3. The number of nitrogens with zero attached hydrogens (tertiary/aromatic N) is 8. The fraction of sp³-hybridized carbons (Fsp3) is 0.378. The Labute approximate surface area is 392 Å². The predicted octanol–water partition coefficient (Wildman–Crippen LogP) is 5.36. The van der Waals surface area contributed by atoms with Gasteiger partial charge in [0, 0.05) is 84.5 Å². The number of carbonyl (C=O) groups excluding carboxylic acids is 2. The second-order valence-corrected chi connectivity index (χ2v) is 16.3. The Morgan fingerprint density at radius 2 is 1.24 bits per heavy atom. The molecule has 66 heavy (non-hydrogen) atoms. The number of ether oxygens (including phenoxy) is 3. The van der Waals surface area contributed by atoms with Gasteiger partial charge in [0.25, 0.3) is 5.91 Å². The van der Waals surface area contributed by atoms with E-state index in [1.807, 2.05) is 26.0 Å². The summed E-state index contributed by atoms with van der Waals surface area (Å²) in [6.07, 6.45) is 13.5. The number of esters is 1. The molecule has 2 fully saturated rings. The maximum Gasteiger partial charge on any atom is 0.358 e. The van der Waals surface area contributed by atoms with Crippen LogP contribution in [0.25, 0.3) is 11.6 Å². The molecule has 0 aliphatic carbocycles. The first-order chi connectivity index (χ1) is 31.9. The van der Waals surface area contributed by atoms with Crippen molar-refractivity contribution in [2.75, 3.05) is 57.4 Å². The van der Waals surface area contributed by atoms with Crippen LogP contribution in [-0.4, -0.2) is 120 Å². The van der Waals surface area contributed by atoms with Crippen LogP contribution >= 0.6 is 23.2 Å². The lowest BCUT2D eigenvalue weighted by molar-refractivity contribution is 0.0594. The van der Waals surface area contributed by atoms with E-state index in [4.69, 9.17) is 43.5 Å². The van der Waals surface area contributed by atoms with E-state index in [1.165, 1.54) is 13.4 Å². The van der Waals surface area contributed by atoms with Crippen molar-refractivity contribution >= 4 is 47.0 Å². The highest BCUT2D eigenvalue weighted by Gasteiger charge is 2.20. The van der Waals surface area contributed by atoms with Gasteiger partial charge in [-0.1, -0.05) is 47.5 Å². The van der Waals surface area contributed by atoms with E-state index in [-0.39, 0.29) is 36.7 Å². The molecule has 1 amide bonds. The number of anilines is 2. The number of aliphatic hydroxyl groups is 2. The smallest absolute Gasteiger partial charge is 0.358 e. The first-order valence-electron chi connectivity index (χ1n) is 21.3. The molecule has 6 heterocycles. The molecule has 0 radical (unpaired) electrons. The number of halogens is 2. The number of imidazole rings is 2. The third-order valence-corrected chi connectivity index (χ3v) is 11.0. The van der Waals surface area contributed by atoms with Crippen molar-refractivity contribution in [3.05, 3.63) is 130 Å². The Morgan fingerprint density at radius 3 is 1.73 bits per heavy atom. The number of nitrogens with two attached hydrogens (primary N) is 1. The summed E-state index contributed by atoms with van der Waals surface area (Å²) in [6.45, 7) is 6.43. The summed E-state index contributed by atoms with van der Waals surface area (Å²) >= 11 is 11.7. The third-order valence-electron chi connectivity index (χ3n) is 10.5. The molecule has 8 rings (SSSR count). The molecule has 19 nitrogen and oxygen atoms in total. The van der Waals surface area contributed by atoms with Gasteiger partial charge in [-0.2, -0.15) is 9.97 Å². The number of amides is 1. The molecule has 0 spiro atoms. The van der Waals surface area contributed by atoms with Crippen molar-refractivity contribution in [2.24, 2.45) is 5.73 Å². The van der Waals surface area contributed by atoms with Gasteiger partial charge in [-0.05, 0) is 74.9 Å². The van der Waals surface area contributed by atoms with E-state index in [2.05, 4.69) is 50.6 Å². The van der Waals surface area contributed by atoms with E-state index in [9.17, 15) is 14.7 Å². The van der Waals surface area contributed by atoms with Crippen LogP contribution in [-0.2, 0) is 14.2 Å². The number of benzene rings is 2. The summed E-state index contributed by atoms with van der Waals surface area (Å²) < 4.78 is 18.8. The number of rotatable bonds is 13. The molecule has 350 valence electrons. The van der Waals surface area contributed by atoms with E-state index in [1.54, 1.807) is 76.6 Å². The van der Waals surface area contributed by atoms with Crippen molar-refractivity contribution < 1.29 is 34.0 Å². The number of aliphatic hydroxyl groups excluding tert-OH is 2. The fourth-order valence-corrected chi connectivity index (χ4v) is 7.21. The molecule has 0 saturated carbocycles. The highest BCUT2D eigenvalue weighted by Crippen LogP contribution is 2.21. The molecule has 2 aromatic carbocycles. The molecule has 2 unspecified atom stereocenters. The van der Waals surface area contributed by atoms with Crippen LogP contribution in [0, 0.1) is 13.8 Å². The van der Waals surface area contributed by atoms with Crippen molar-refractivity contribution in [2.45, 2.75) is 63.7 Å². The molecule has 21 heteroatoms. The van der Waals surface area contributed by atoms with Crippen molar-refractivity contribution in [1.82, 2.24) is 44.4 Å². The van der Waals surface area contributed by atoms with Crippen LogP contribution in [0.1, 0.15) is 81.0 Å². The summed E-state index contributed by atoms with van der Waals surface area (Å²) in [5.74, 6) is 1.52. The predicted molar refractivity (Wildman–Crippen MR) is 248 cm³/mol. The van der Waals surface area contributed by atoms with Crippen LogP contribution in [0.4, 0.5) is 11.9 Å². The maximum absolute atomic E-state index is 12.7. The lowest BCUT2D eigenvalue weighted by atomic mass is 10.1. The standard InChI is InChI=1S/C22H25ClN6O3.C15H19N5O3.C8H10ClNO/c1-14-10-24-22(26-17-5-7-32-8-6-17)28-20(14)29-11-18(25-13-29)21(31)27-19(12-30)15-3-2-4-16(23)9-15;1-10-7-16-15(18-11-3-5-23-6-4-11)19-13(10)20-8-12(17-9-20)14(21)22-2;9-7-3-1-2-6(4-7)8(10)5-11/h2-4,9-11,13,17,19,30H,5-8,12H2,1H3,(H,27,31)(H,24,26,28);7-9,11H,3-6H2,1-2H3,(H,16,18,19);1-4,8,11H,5,10H2. The SMILES string of the molecule is COC(=O)c1cn(-c2nc(NC3CCOCC3)ncc2C)cn1.Cc1cnc(NC2CCOCC2)nc1-n1cnc(C(=O)NC(CO)c2cccc(Cl)c2)c1.NC(CO)c1cccc(Cl)c1. The number of carbonyl (C=O) groups is 2. The molecule has 2 aliphatic heterocycles. The second kappa shape index (κ2) is 24.5. The van der Waals surface area contributed by atoms with Gasteiger partial charge < -0.3 is 46.1 Å². The summed E-state index contributed by atoms with van der Waals surface area (Å²) in [7, 11) is 1.33. The van der Waals surface area contributed by atoms with Gasteiger partial charge in [-0.25, -0.2) is 24.7 Å². The zero-order chi connectivity index (χ0) is 47.0. The number of hydrogen-bond donors (Lipinski definition) is 6. The molecular weight excluding hydrogens is 891 g/mol. The summed E-state index contributed by atoms with van der Waals surface area (Å²) in [5, 5.41) is 29.1. The number of aromatic nitrogens is 8. The van der Waals surface area contributed by atoms with Crippen LogP contribution < -0.4 is 21.7 Å². The molecule has 4 aromatic heterocycles. The summed E-state index contributed by atoms with van der Waals surface area (Å²) in [6, 6.07) is 13.8. The maximum atomic E-state index is 12.7. The van der Waals surface area contributed by atoms with Gasteiger partial charge in [0.15, 0.2) is 5.69 Å². The van der Waals surface area contributed by atoms with E-state index >= 15 is 0 Å². The van der Waals surface area contributed by atoms with Gasteiger partial charge in [0.05, 0.1) is 32.4 Å². The van der Waals surface area contributed by atoms with Gasteiger partial charge in [0.1, 0.15) is 30.0 Å². The van der Waals surface area contributed by atoms with Crippen LogP contribution in [0.3, 0.4) is 0 Å². The van der Waals surface area contributed by atoms with Crippen LogP contribution in [0.5, 0.6) is 0 Å². The lowest BCUT2D eigenvalue weighted by Crippen LogP contribution is -2.31. The van der Waals surface area contributed by atoms with E-state index < -0.39 is 17.9 Å². The minimum atomic E-state index is -0.595. The largest absolute Gasteiger partial charge is 0.464 e.